The lowest BCUT2D eigenvalue weighted by Crippen LogP contribution is -2.16. The molecule has 3 nitrogen and oxygen atoms in total. The van der Waals surface area contributed by atoms with Crippen molar-refractivity contribution in [1.82, 2.24) is 0 Å². The first kappa shape index (κ1) is 10.6. The Kier molecular flexibility index (Phi) is 3.51. The van der Waals surface area contributed by atoms with Crippen molar-refractivity contribution in [1.29, 1.82) is 0 Å². The van der Waals surface area contributed by atoms with Gasteiger partial charge in [0.1, 0.15) is 11.6 Å². The van der Waals surface area contributed by atoms with E-state index in [-0.39, 0.29) is 6.04 Å². The van der Waals surface area contributed by atoms with Gasteiger partial charge >= 0.3 is 0 Å². The van der Waals surface area contributed by atoms with Crippen molar-refractivity contribution in [3.63, 3.8) is 0 Å². The summed E-state index contributed by atoms with van der Waals surface area (Å²) in [5.74, 6) is 1.28. The van der Waals surface area contributed by atoms with Crippen LogP contribution in [0.2, 0.25) is 0 Å². The van der Waals surface area contributed by atoms with E-state index in [1.165, 1.54) is 0 Å². The Morgan fingerprint density at radius 3 is 2.57 bits per heavy atom. The summed E-state index contributed by atoms with van der Waals surface area (Å²) in [5.41, 5.74) is 6.69. The monoisotopic (exact) mass is 192 g/mol. The lowest BCUT2D eigenvalue weighted by molar-refractivity contribution is 0.414. The Bertz CT molecular complexity index is 332. The number of para-hydroxylation sites is 1. The molecule has 0 saturated carbocycles. The van der Waals surface area contributed by atoms with Gasteiger partial charge in [0.05, 0.1) is 12.7 Å². The number of hydrogen-bond donors (Lipinski definition) is 1. The first-order valence-electron chi connectivity index (χ1n) is 4.61. The summed E-state index contributed by atoms with van der Waals surface area (Å²) in [7, 11) is 1.63. The Hall–Kier alpha value is -1.51. The van der Waals surface area contributed by atoms with Gasteiger partial charge in [-0.1, -0.05) is 12.1 Å². The van der Waals surface area contributed by atoms with E-state index in [0.717, 1.165) is 11.3 Å². The summed E-state index contributed by atoms with van der Waals surface area (Å²) in [4.78, 5) is 4.27. The number of nitrogens with two attached hydrogens (primary N) is 1. The smallest absolute Gasteiger partial charge is 0.129 e. The molecule has 76 valence electrons. The summed E-state index contributed by atoms with van der Waals surface area (Å²) in [6.45, 7) is 3.98. The number of methoxy groups -OCH3 is 1. The lowest BCUT2D eigenvalue weighted by Gasteiger charge is -2.08. The second-order valence-corrected chi connectivity index (χ2v) is 3.31. The maximum Gasteiger partial charge on any atom is 0.129 e. The molecule has 1 rings (SSSR count). The van der Waals surface area contributed by atoms with Crippen LogP contribution in [0.5, 0.6) is 5.75 Å². The van der Waals surface area contributed by atoms with Crippen molar-refractivity contribution < 1.29 is 4.74 Å². The van der Waals surface area contributed by atoms with Crippen molar-refractivity contribution in [2.75, 3.05) is 7.11 Å². The van der Waals surface area contributed by atoms with Crippen molar-refractivity contribution >= 4 is 5.84 Å². The third kappa shape index (κ3) is 2.49. The second-order valence-electron chi connectivity index (χ2n) is 3.31. The van der Waals surface area contributed by atoms with Crippen LogP contribution in [0.15, 0.2) is 29.3 Å². The van der Waals surface area contributed by atoms with Gasteiger partial charge in [-0.25, -0.2) is 0 Å². The largest absolute Gasteiger partial charge is 0.496 e. The Balaban J connectivity index is 3.05. The molecule has 0 radical (unpaired) electrons. The molecule has 0 aliphatic heterocycles. The zero-order valence-electron chi connectivity index (χ0n) is 8.82. The van der Waals surface area contributed by atoms with Crippen LogP contribution in [-0.2, 0) is 0 Å². The van der Waals surface area contributed by atoms with Crippen LogP contribution in [0.3, 0.4) is 0 Å². The van der Waals surface area contributed by atoms with Gasteiger partial charge in [0, 0.05) is 6.04 Å². The van der Waals surface area contributed by atoms with E-state index < -0.39 is 0 Å². The molecule has 0 aliphatic rings. The average Bonchev–Trinajstić information content (AvgIpc) is 2.16. The number of ether oxygens (including phenoxy) is 1. The Labute approximate surface area is 84.6 Å². The number of rotatable bonds is 3. The van der Waals surface area contributed by atoms with Gasteiger partial charge in [-0.05, 0) is 26.0 Å². The summed E-state index contributed by atoms with van der Waals surface area (Å²) < 4.78 is 5.19. The lowest BCUT2D eigenvalue weighted by atomic mass is 10.2. The predicted molar refractivity (Wildman–Crippen MR) is 58.9 cm³/mol. The molecule has 0 aromatic heterocycles. The van der Waals surface area contributed by atoms with Gasteiger partial charge in [0.2, 0.25) is 0 Å². The highest BCUT2D eigenvalue weighted by molar-refractivity contribution is 6.00. The van der Waals surface area contributed by atoms with Gasteiger partial charge < -0.3 is 10.5 Å². The third-order valence-corrected chi connectivity index (χ3v) is 1.78. The van der Waals surface area contributed by atoms with Crippen LogP contribution < -0.4 is 10.5 Å². The van der Waals surface area contributed by atoms with Gasteiger partial charge in [0.25, 0.3) is 0 Å². The number of benzene rings is 1. The van der Waals surface area contributed by atoms with E-state index in [4.69, 9.17) is 10.5 Å². The van der Waals surface area contributed by atoms with Crippen LogP contribution >= 0.6 is 0 Å². The van der Waals surface area contributed by atoms with Crippen molar-refractivity contribution in [2.45, 2.75) is 19.9 Å². The molecule has 0 heterocycles. The molecule has 1 aromatic rings. The second kappa shape index (κ2) is 4.65. The maximum absolute atomic E-state index is 5.84. The molecule has 0 bridgehead atoms. The van der Waals surface area contributed by atoms with Crippen LogP contribution in [0.25, 0.3) is 0 Å². The van der Waals surface area contributed by atoms with Gasteiger partial charge in [-0.3, -0.25) is 4.99 Å². The molecule has 1 aromatic carbocycles. The summed E-state index contributed by atoms with van der Waals surface area (Å²) in [6.07, 6.45) is 0. The van der Waals surface area contributed by atoms with E-state index in [1.807, 2.05) is 38.1 Å². The van der Waals surface area contributed by atoms with E-state index in [9.17, 15) is 0 Å². The van der Waals surface area contributed by atoms with Crippen LogP contribution in [0, 0.1) is 0 Å². The minimum Gasteiger partial charge on any atom is -0.496 e. The topological polar surface area (TPSA) is 47.6 Å². The maximum atomic E-state index is 5.84. The highest BCUT2D eigenvalue weighted by Gasteiger charge is 2.05. The van der Waals surface area contributed by atoms with Crippen LogP contribution in [0.4, 0.5) is 0 Å². The molecule has 0 spiro atoms. The quantitative estimate of drug-likeness (QED) is 0.586. The Morgan fingerprint density at radius 2 is 2.00 bits per heavy atom. The zero-order valence-corrected chi connectivity index (χ0v) is 8.82. The van der Waals surface area contributed by atoms with Crippen LogP contribution in [-0.4, -0.2) is 19.0 Å². The first-order valence-corrected chi connectivity index (χ1v) is 4.61. The summed E-state index contributed by atoms with van der Waals surface area (Å²) in [6, 6.07) is 7.80. The average molecular weight is 192 g/mol. The van der Waals surface area contributed by atoms with Gasteiger partial charge in [-0.15, -0.1) is 0 Å². The SMILES string of the molecule is COc1ccccc1C(N)=NC(C)C. The molecule has 0 amide bonds. The van der Waals surface area contributed by atoms with Crippen molar-refractivity contribution in [3.05, 3.63) is 29.8 Å². The fourth-order valence-electron chi connectivity index (χ4n) is 1.20. The van der Waals surface area contributed by atoms with E-state index in [1.54, 1.807) is 7.11 Å². The number of aliphatic imine (C=N–C) groups is 1. The van der Waals surface area contributed by atoms with Crippen molar-refractivity contribution in [3.8, 4) is 5.75 Å². The molecule has 14 heavy (non-hydrogen) atoms. The molecule has 2 N–H and O–H groups in total. The normalized spacial score (nSPS) is 11.9. The van der Waals surface area contributed by atoms with Gasteiger partial charge in [-0.2, -0.15) is 0 Å². The standard InChI is InChI=1S/C11H16N2O/c1-8(2)13-11(12)9-6-4-5-7-10(9)14-3/h4-8H,1-3H3,(H2,12,13). The fraction of sp³-hybridized carbons (Fsp3) is 0.364. The number of nitrogens with zero attached hydrogens (tertiary/aromatic N) is 1. The van der Waals surface area contributed by atoms with E-state index >= 15 is 0 Å². The van der Waals surface area contributed by atoms with E-state index in [0.29, 0.717) is 5.84 Å². The fourth-order valence-corrected chi connectivity index (χ4v) is 1.20. The first-order chi connectivity index (χ1) is 6.65. The van der Waals surface area contributed by atoms with Crippen molar-refractivity contribution in [2.24, 2.45) is 10.7 Å². The molecule has 0 atom stereocenters. The zero-order chi connectivity index (χ0) is 10.6. The summed E-state index contributed by atoms with van der Waals surface area (Å²) in [5, 5.41) is 0. The molecule has 3 heteroatoms. The minimum atomic E-state index is 0.194. The van der Waals surface area contributed by atoms with Crippen LogP contribution in [0.1, 0.15) is 19.4 Å². The van der Waals surface area contributed by atoms with Gasteiger partial charge in [0.15, 0.2) is 0 Å². The van der Waals surface area contributed by atoms with E-state index in [2.05, 4.69) is 4.99 Å². The predicted octanol–water partition coefficient (Wildman–Crippen LogP) is 1.81. The highest BCUT2D eigenvalue weighted by Crippen LogP contribution is 2.16. The third-order valence-electron chi connectivity index (χ3n) is 1.78. The minimum absolute atomic E-state index is 0.194. The molecular formula is C11H16N2O. The molecule has 0 unspecified atom stereocenters. The molecule has 0 saturated heterocycles. The highest BCUT2D eigenvalue weighted by atomic mass is 16.5. The number of hydrogen-bond acceptors (Lipinski definition) is 2. The molecular weight excluding hydrogens is 176 g/mol. The molecule has 0 aliphatic carbocycles. The number of amidine groups is 1. The molecule has 0 fully saturated rings. The Morgan fingerprint density at radius 1 is 1.36 bits per heavy atom. The summed E-state index contributed by atoms with van der Waals surface area (Å²) >= 11 is 0.